The summed E-state index contributed by atoms with van der Waals surface area (Å²) >= 11 is 12.2. The van der Waals surface area contributed by atoms with Gasteiger partial charge in [0.2, 0.25) is 5.95 Å². The highest BCUT2D eigenvalue weighted by molar-refractivity contribution is 7.80. The number of nitrogens with zero attached hydrogens (tertiary/aromatic N) is 6. The summed E-state index contributed by atoms with van der Waals surface area (Å²) in [5.74, 6) is 1.11. The van der Waals surface area contributed by atoms with Gasteiger partial charge in [-0.2, -0.15) is 4.98 Å². The van der Waals surface area contributed by atoms with Crippen molar-refractivity contribution < 1.29 is 0 Å². The Hall–Kier alpha value is -3.63. The molecule has 9 nitrogen and oxygen atoms in total. The summed E-state index contributed by atoms with van der Waals surface area (Å²) < 4.78 is 4.41. The van der Waals surface area contributed by atoms with E-state index in [-0.39, 0.29) is 5.56 Å². The van der Waals surface area contributed by atoms with Gasteiger partial charge < -0.3 is 15.1 Å². The summed E-state index contributed by atoms with van der Waals surface area (Å²) in [5, 5.41) is 4.63. The maximum atomic E-state index is 13.3. The van der Waals surface area contributed by atoms with Crippen molar-refractivity contribution in [3.63, 3.8) is 0 Å². The standard InChI is InChI=1S/C28H32ClN7O2S/c1-18(2)19-9-11-21(12-10-19)30-27(39)35-15-13-34(14-16-35)26-31-24-23(25(37)33(4)28(38)32(24)3)36(26)17-20-7-5-6-8-22(20)29/h5-12,18H,13-17H2,1-4H3,(H,30,39). The molecule has 4 aromatic rings. The number of aryl methyl sites for hydroxylation is 1. The van der Waals surface area contributed by atoms with Crippen LogP contribution in [-0.4, -0.2) is 54.9 Å². The van der Waals surface area contributed by atoms with Crippen molar-refractivity contribution in [2.45, 2.75) is 26.3 Å². The zero-order chi connectivity index (χ0) is 27.8. The smallest absolute Gasteiger partial charge is 0.332 e. The molecule has 5 rings (SSSR count). The minimum Gasteiger partial charge on any atom is -0.345 e. The van der Waals surface area contributed by atoms with Crippen molar-refractivity contribution in [3.8, 4) is 0 Å². The van der Waals surface area contributed by atoms with E-state index in [1.165, 1.54) is 17.2 Å². The molecular weight excluding hydrogens is 534 g/mol. The second kappa shape index (κ2) is 10.9. The molecular formula is C28H32ClN7O2S. The summed E-state index contributed by atoms with van der Waals surface area (Å²) in [6.45, 7) is 7.36. The van der Waals surface area contributed by atoms with Crippen molar-refractivity contribution in [1.29, 1.82) is 0 Å². The molecule has 0 spiro atoms. The molecule has 0 aliphatic carbocycles. The van der Waals surface area contributed by atoms with E-state index in [0.29, 0.717) is 65.9 Å². The van der Waals surface area contributed by atoms with Crippen LogP contribution in [0.25, 0.3) is 11.2 Å². The van der Waals surface area contributed by atoms with E-state index in [1.807, 2.05) is 28.8 Å². The Balaban J connectivity index is 1.41. The second-order valence-corrected chi connectivity index (χ2v) is 10.9. The lowest BCUT2D eigenvalue weighted by Crippen LogP contribution is -2.50. The number of aromatic nitrogens is 4. The average Bonchev–Trinajstić information content (AvgIpc) is 3.31. The van der Waals surface area contributed by atoms with E-state index < -0.39 is 5.69 Å². The van der Waals surface area contributed by atoms with Crippen LogP contribution in [0, 0.1) is 0 Å². The van der Waals surface area contributed by atoms with Gasteiger partial charge in [-0.3, -0.25) is 18.5 Å². The van der Waals surface area contributed by atoms with Crippen molar-refractivity contribution in [2.24, 2.45) is 14.1 Å². The molecule has 1 fully saturated rings. The summed E-state index contributed by atoms with van der Waals surface area (Å²) in [6, 6.07) is 15.9. The number of nitrogens with one attached hydrogen (secondary N) is 1. The zero-order valence-electron chi connectivity index (χ0n) is 22.5. The lowest BCUT2D eigenvalue weighted by Gasteiger charge is -2.36. The van der Waals surface area contributed by atoms with E-state index in [4.69, 9.17) is 28.8 Å². The van der Waals surface area contributed by atoms with Gasteiger partial charge in [-0.05, 0) is 47.5 Å². The first-order valence-electron chi connectivity index (χ1n) is 13.0. The van der Waals surface area contributed by atoms with E-state index in [1.54, 1.807) is 7.05 Å². The number of piperazine rings is 1. The fourth-order valence-electron chi connectivity index (χ4n) is 4.89. The largest absolute Gasteiger partial charge is 0.345 e. The fourth-order valence-corrected chi connectivity index (χ4v) is 5.38. The van der Waals surface area contributed by atoms with Gasteiger partial charge in [0, 0.05) is 51.0 Å². The van der Waals surface area contributed by atoms with Gasteiger partial charge in [-0.25, -0.2) is 4.79 Å². The van der Waals surface area contributed by atoms with Crippen LogP contribution in [0.3, 0.4) is 0 Å². The van der Waals surface area contributed by atoms with Crippen molar-refractivity contribution in [2.75, 3.05) is 36.4 Å². The lowest BCUT2D eigenvalue weighted by atomic mass is 10.0. The highest BCUT2D eigenvalue weighted by Gasteiger charge is 2.27. The summed E-state index contributed by atoms with van der Waals surface area (Å²) in [7, 11) is 3.12. The van der Waals surface area contributed by atoms with Crippen LogP contribution in [0.15, 0.2) is 58.1 Å². The van der Waals surface area contributed by atoms with E-state index in [2.05, 4.69) is 53.2 Å². The van der Waals surface area contributed by atoms with E-state index >= 15 is 0 Å². The lowest BCUT2D eigenvalue weighted by molar-refractivity contribution is 0.386. The van der Waals surface area contributed by atoms with Crippen LogP contribution >= 0.6 is 23.8 Å². The quantitative estimate of drug-likeness (QED) is 0.369. The van der Waals surface area contributed by atoms with E-state index in [9.17, 15) is 9.59 Å². The third-order valence-electron chi connectivity index (χ3n) is 7.29. The molecule has 1 N–H and O–H groups in total. The number of fused-ring (bicyclic) bond motifs is 1. The molecule has 1 aliphatic heterocycles. The number of anilines is 2. The minimum absolute atomic E-state index is 0.353. The van der Waals surface area contributed by atoms with Crippen molar-refractivity contribution >= 4 is 51.7 Å². The maximum absolute atomic E-state index is 13.3. The van der Waals surface area contributed by atoms with Gasteiger partial charge in [0.1, 0.15) is 0 Å². The molecule has 0 radical (unpaired) electrons. The van der Waals surface area contributed by atoms with Gasteiger partial charge in [0.05, 0.1) is 6.54 Å². The molecule has 2 aromatic carbocycles. The SMILES string of the molecule is CC(C)c1ccc(NC(=S)N2CCN(c3nc4c(c(=O)n(C)c(=O)n4C)n3Cc3ccccc3Cl)CC2)cc1. The van der Waals surface area contributed by atoms with Crippen molar-refractivity contribution in [1.82, 2.24) is 23.6 Å². The van der Waals surface area contributed by atoms with Gasteiger partial charge in [0.25, 0.3) is 5.56 Å². The number of halogens is 1. The van der Waals surface area contributed by atoms with Gasteiger partial charge in [-0.1, -0.05) is 55.8 Å². The van der Waals surface area contributed by atoms with E-state index in [0.717, 1.165) is 15.8 Å². The molecule has 0 saturated carbocycles. The normalized spacial score (nSPS) is 13.9. The monoisotopic (exact) mass is 565 g/mol. The summed E-state index contributed by atoms with van der Waals surface area (Å²) in [5.41, 5.74) is 3.05. The molecule has 0 bridgehead atoms. The first-order chi connectivity index (χ1) is 18.7. The first kappa shape index (κ1) is 27.0. The number of hydrogen-bond acceptors (Lipinski definition) is 5. The minimum atomic E-state index is -0.413. The molecule has 0 amide bonds. The van der Waals surface area contributed by atoms with Crippen LogP contribution in [0.4, 0.5) is 11.6 Å². The molecule has 11 heteroatoms. The first-order valence-corrected chi connectivity index (χ1v) is 13.7. The Morgan fingerprint density at radius 2 is 1.67 bits per heavy atom. The average molecular weight is 566 g/mol. The fraction of sp³-hybridized carbons (Fsp3) is 0.357. The van der Waals surface area contributed by atoms with Crippen LogP contribution in [0.1, 0.15) is 30.9 Å². The maximum Gasteiger partial charge on any atom is 0.332 e. The molecule has 39 heavy (non-hydrogen) atoms. The third kappa shape index (κ3) is 5.18. The van der Waals surface area contributed by atoms with Crippen LogP contribution < -0.4 is 21.5 Å². The Morgan fingerprint density at radius 1 is 1.00 bits per heavy atom. The predicted octanol–water partition coefficient (Wildman–Crippen LogP) is 3.78. The Kier molecular flexibility index (Phi) is 7.51. The Labute approximate surface area is 237 Å². The molecule has 1 aliphatic rings. The number of imidazole rings is 1. The number of thiocarbonyl (C=S) groups is 1. The molecule has 204 valence electrons. The van der Waals surface area contributed by atoms with Gasteiger partial charge >= 0.3 is 5.69 Å². The molecule has 2 aromatic heterocycles. The van der Waals surface area contributed by atoms with Crippen LogP contribution in [0.2, 0.25) is 5.02 Å². The second-order valence-electron chi connectivity index (χ2n) is 10.1. The predicted molar refractivity (Wildman–Crippen MR) is 161 cm³/mol. The number of rotatable bonds is 5. The molecule has 0 atom stereocenters. The zero-order valence-corrected chi connectivity index (χ0v) is 24.1. The third-order valence-corrected chi connectivity index (χ3v) is 8.02. The Bertz CT molecular complexity index is 1650. The van der Waals surface area contributed by atoms with Crippen molar-refractivity contribution in [3.05, 3.63) is 85.5 Å². The molecule has 1 saturated heterocycles. The summed E-state index contributed by atoms with van der Waals surface area (Å²) in [6.07, 6.45) is 0. The Morgan fingerprint density at radius 3 is 2.31 bits per heavy atom. The summed E-state index contributed by atoms with van der Waals surface area (Å²) in [4.78, 5) is 35.0. The molecule has 3 heterocycles. The topological polar surface area (TPSA) is 80.3 Å². The van der Waals surface area contributed by atoms with Crippen LogP contribution in [-0.2, 0) is 20.6 Å². The van der Waals surface area contributed by atoms with Crippen LogP contribution in [0.5, 0.6) is 0 Å². The van der Waals surface area contributed by atoms with Gasteiger partial charge in [-0.15, -0.1) is 0 Å². The highest BCUT2D eigenvalue weighted by Crippen LogP contribution is 2.25. The molecule has 0 unspecified atom stereocenters. The van der Waals surface area contributed by atoms with Gasteiger partial charge in [0.15, 0.2) is 16.3 Å². The number of hydrogen-bond donors (Lipinski definition) is 1. The number of benzene rings is 2. The highest BCUT2D eigenvalue weighted by atomic mass is 35.5.